The highest BCUT2D eigenvalue weighted by Crippen LogP contribution is 2.51. The van der Waals surface area contributed by atoms with Crippen LogP contribution in [0.5, 0.6) is 0 Å². The van der Waals surface area contributed by atoms with E-state index in [2.05, 4.69) is 294 Å². The van der Waals surface area contributed by atoms with Crippen LogP contribution in [0.4, 0.5) is 51.2 Å². The van der Waals surface area contributed by atoms with Crippen LogP contribution in [0.25, 0.3) is 11.1 Å². The van der Waals surface area contributed by atoms with Crippen molar-refractivity contribution in [2.75, 3.05) is 14.7 Å². The number of nitrogens with zero attached hydrogens (tertiary/aromatic N) is 3. The van der Waals surface area contributed by atoms with E-state index in [0.717, 1.165) is 28.4 Å². The lowest BCUT2D eigenvalue weighted by Gasteiger charge is -2.46. The summed E-state index contributed by atoms with van der Waals surface area (Å²) in [6.07, 6.45) is 0. The van der Waals surface area contributed by atoms with E-state index in [1.54, 1.807) is 0 Å². The van der Waals surface area contributed by atoms with Crippen LogP contribution >= 0.6 is 0 Å². The van der Waals surface area contributed by atoms with E-state index in [0.29, 0.717) is 0 Å². The van der Waals surface area contributed by atoms with Crippen molar-refractivity contribution in [1.29, 1.82) is 0 Å². The first-order chi connectivity index (χ1) is 33.9. The molecule has 0 N–H and O–H groups in total. The van der Waals surface area contributed by atoms with Crippen LogP contribution in [-0.4, -0.2) is 6.71 Å². The van der Waals surface area contributed by atoms with Gasteiger partial charge in [-0.05, 0) is 150 Å². The molecule has 10 rings (SSSR count). The zero-order valence-corrected chi connectivity index (χ0v) is 45.7. The predicted molar refractivity (Wildman–Crippen MR) is 314 cm³/mol. The Hall–Kier alpha value is -6.78. The molecular weight excluding hydrogens is 870 g/mol. The molecule has 2 aliphatic heterocycles. The van der Waals surface area contributed by atoms with Crippen molar-refractivity contribution >= 4 is 74.3 Å². The molecule has 0 saturated heterocycles. The van der Waals surface area contributed by atoms with Gasteiger partial charge in [-0.15, -0.1) is 0 Å². The minimum absolute atomic E-state index is 0.0122. The molecule has 8 aromatic carbocycles. The van der Waals surface area contributed by atoms with Gasteiger partial charge in [0.1, 0.15) is 0 Å². The first-order valence-corrected chi connectivity index (χ1v) is 26.2. The molecular formula is C68H74BN3. The standard InChI is InChI=1S/C68H74BN3/c1-64(2,3)46-28-26-45(27-29-46)55-40-48(66(7,8)9)32-37-58(55)72-60-39-34-50(68(13,14)15)42-57(60)69-56-41-49(67(10,11)12)33-38-59(56)71(53-35-30-47(31-36-53)65(4,5)6)61-43-54(44-62(72)63(61)69)70(51-22-18-16-19-23-51)52-24-20-17-21-25-52/h16-44H,1-15H3. The maximum absolute atomic E-state index is 2.63. The Labute approximate surface area is 432 Å². The molecule has 2 aliphatic rings. The molecule has 0 unspecified atom stereocenters. The average Bonchev–Trinajstić information content (AvgIpc) is 3.33. The third-order valence-electron chi connectivity index (χ3n) is 15.2. The molecule has 0 fully saturated rings. The molecule has 0 spiro atoms. The molecule has 3 nitrogen and oxygen atoms in total. The number of para-hydroxylation sites is 2. The molecule has 8 aromatic rings. The lowest BCUT2D eigenvalue weighted by Crippen LogP contribution is -2.61. The number of anilines is 9. The van der Waals surface area contributed by atoms with E-state index in [-0.39, 0.29) is 33.8 Å². The fourth-order valence-corrected chi connectivity index (χ4v) is 10.9. The van der Waals surface area contributed by atoms with E-state index in [9.17, 15) is 0 Å². The summed E-state index contributed by atoms with van der Waals surface area (Å²) in [5, 5.41) is 0. The Morgan fingerprint density at radius 2 is 0.694 bits per heavy atom. The maximum atomic E-state index is 2.63. The number of rotatable bonds is 6. The second-order valence-electron chi connectivity index (χ2n) is 25.7. The van der Waals surface area contributed by atoms with Gasteiger partial charge in [-0.25, -0.2) is 0 Å². The van der Waals surface area contributed by atoms with Gasteiger partial charge in [-0.1, -0.05) is 207 Å². The number of hydrogen-bond donors (Lipinski definition) is 0. The zero-order chi connectivity index (χ0) is 51.3. The molecule has 0 aromatic heterocycles. The molecule has 2 heterocycles. The van der Waals surface area contributed by atoms with Crippen LogP contribution < -0.4 is 31.1 Å². The second-order valence-corrected chi connectivity index (χ2v) is 25.7. The van der Waals surface area contributed by atoms with Crippen molar-refractivity contribution in [1.82, 2.24) is 0 Å². The molecule has 0 radical (unpaired) electrons. The number of hydrogen-bond acceptors (Lipinski definition) is 3. The number of benzene rings is 8. The molecule has 364 valence electrons. The SMILES string of the molecule is CC(C)(C)c1ccc(-c2cc(C(C)(C)C)ccc2N2c3ccc(C(C)(C)C)cc3B3c4cc(C(C)(C)C)ccc4N(c4ccc(C(C)(C)C)cc4)c4cc(N(c5ccccc5)c5ccccc5)cc2c43)cc1. The summed E-state index contributed by atoms with van der Waals surface area (Å²) in [5.74, 6) is 0. The van der Waals surface area contributed by atoms with E-state index >= 15 is 0 Å². The number of fused-ring (bicyclic) bond motifs is 4. The third kappa shape index (κ3) is 8.86. The van der Waals surface area contributed by atoms with Crippen LogP contribution in [-0.2, 0) is 27.1 Å². The van der Waals surface area contributed by atoms with Gasteiger partial charge in [0.2, 0.25) is 0 Å². The Balaban J connectivity index is 1.37. The van der Waals surface area contributed by atoms with Crippen molar-refractivity contribution < 1.29 is 0 Å². The van der Waals surface area contributed by atoms with E-state index in [1.807, 2.05) is 0 Å². The fourth-order valence-electron chi connectivity index (χ4n) is 10.9. The molecule has 0 saturated carbocycles. The zero-order valence-electron chi connectivity index (χ0n) is 45.7. The Kier molecular flexibility index (Phi) is 11.8. The summed E-state index contributed by atoms with van der Waals surface area (Å²) >= 11 is 0. The summed E-state index contributed by atoms with van der Waals surface area (Å²) < 4.78 is 0. The largest absolute Gasteiger partial charge is 0.311 e. The van der Waals surface area contributed by atoms with Crippen molar-refractivity contribution in [3.63, 3.8) is 0 Å². The predicted octanol–water partition coefficient (Wildman–Crippen LogP) is 17.4. The first kappa shape index (κ1) is 48.8. The average molecular weight is 944 g/mol. The molecule has 0 amide bonds. The van der Waals surface area contributed by atoms with Crippen LogP contribution in [0.3, 0.4) is 0 Å². The fraction of sp³-hybridized carbons (Fsp3) is 0.294. The van der Waals surface area contributed by atoms with E-state index in [1.165, 1.54) is 78.1 Å². The van der Waals surface area contributed by atoms with Gasteiger partial charge in [0, 0.05) is 45.4 Å². The monoisotopic (exact) mass is 944 g/mol. The highest BCUT2D eigenvalue weighted by molar-refractivity contribution is 7.00. The lowest BCUT2D eigenvalue weighted by molar-refractivity contribution is 0.590. The Morgan fingerprint density at radius 1 is 0.319 bits per heavy atom. The van der Waals surface area contributed by atoms with Crippen LogP contribution in [0, 0.1) is 0 Å². The van der Waals surface area contributed by atoms with E-state index < -0.39 is 0 Å². The first-order valence-electron chi connectivity index (χ1n) is 26.2. The van der Waals surface area contributed by atoms with Crippen LogP contribution in [0.15, 0.2) is 176 Å². The van der Waals surface area contributed by atoms with Crippen molar-refractivity contribution in [3.05, 3.63) is 204 Å². The lowest BCUT2D eigenvalue weighted by atomic mass is 9.33. The topological polar surface area (TPSA) is 9.72 Å². The highest BCUT2D eigenvalue weighted by atomic mass is 15.2. The minimum atomic E-state index is -0.0708. The summed E-state index contributed by atoms with van der Waals surface area (Å²) in [6.45, 7) is 34.8. The second kappa shape index (κ2) is 17.5. The Morgan fingerprint density at radius 3 is 1.14 bits per heavy atom. The van der Waals surface area contributed by atoms with Gasteiger partial charge in [0.15, 0.2) is 0 Å². The quantitative estimate of drug-likeness (QED) is 0.154. The smallest absolute Gasteiger partial charge is 0.252 e. The van der Waals surface area contributed by atoms with Gasteiger partial charge in [0.05, 0.1) is 11.4 Å². The van der Waals surface area contributed by atoms with Gasteiger partial charge in [-0.2, -0.15) is 0 Å². The Bertz CT molecular complexity index is 3260. The normalized spacial score (nSPS) is 13.7. The highest BCUT2D eigenvalue weighted by Gasteiger charge is 2.45. The summed E-state index contributed by atoms with van der Waals surface area (Å²) in [6, 6.07) is 67.5. The molecule has 0 aliphatic carbocycles. The van der Waals surface area contributed by atoms with Gasteiger partial charge < -0.3 is 14.7 Å². The minimum Gasteiger partial charge on any atom is -0.311 e. The molecule has 0 atom stereocenters. The molecule has 4 heteroatoms. The third-order valence-corrected chi connectivity index (χ3v) is 15.2. The summed E-state index contributed by atoms with van der Waals surface area (Å²) in [5.41, 5.74) is 23.3. The van der Waals surface area contributed by atoms with E-state index in [4.69, 9.17) is 0 Å². The van der Waals surface area contributed by atoms with Crippen molar-refractivity contribution in [2.24, 2.45) is 0 Å². The van der Waals surface area contributed by atoms with Gasteiger partial charge >= 0.3 is 0 Å². The van der Waals surface area contributed by atoms with Crippen LogP contribution in [0.1, 0.15) is 132 Å². The van der Waals surface area contributed by atoms with Crippen molar-refractivity contribution in [2.45, 2.75) is 131 Å². The molecule has 72 heavy (non-hydrogen) atoms. The maximum Gasteiger partial charge on any atom is 0.252 e. The van der Waals surface area contributed by atoms with Crippen LogP contribution in [0.2, 0.25) is 0 Å². The molecule has 0 bridgehead atoms. The summed E-state index contributed by atoms with van der Waals surface area (Å²) in [4.78, 5) is 7.65. The summed E-state index contributed by atoms with van der Waals surface area (Å²) in [7, 11) is 0. The van der Waals surface area contributed by atoms with Gasteiger partial charge in [-0.3, -0.25) is 0 Å². The van der Waals surface area contributed by atoms with Gasteiger partial charge in [0.25, 0.3) is 6.71 Å². The van der Waals surface area contributed by atoms with Crippen molar-refractivity contribution in [3.8, 4) is 11.1 Å².